The van der Waals surface area contributed by atoms with Gasteiger partial charge < -0.3 is 5.32 Å². The topological polar surface area (TPSA) is 125 Å². The van der Waals surface area contributed by atoms with Crippen molar-refractivity contribution in [3.8, 4) is 0 Å². The summed E-state index contributed by atoms with van der Waals surface area (Å²) in [5, 5.41) is 8.10. The van der Waals surface area contributed by atoms with Gasteiger partial charge in [-0.2, -0.15) is 0 Å². The molecule has 0 atom stereocenters. The number of sulfone groups is 1. The van der Waals surface area contributed by atoms with Gasteiger partial charge >= 0.3 is 5.69 Å². The van der Waals surface area contributed by atoms with E-state index in [0.717, 1.165) is 6.26 Å². The molecule has 0 aliphatic carbocycles. The summed E-state index contributed by atoms with van der Waals surface area (Å²) in [4.78, 5) is 23.9. The molecule has 1 heterocycles. The van der Waals surface area contributed by atoms with Gasteiger partial charge in [-0.1, -0.05) is 0 Å². The molecule has 0 radical (unpaired) electrons. The van der Waals surface area contributed by atoms with Gasteiger partial charge in [0.05, 0.1) is 4.75 Å². The first-order chi connectivity index (χ1) is 7.63. The number of anilines is 1. The second-order valence-corrected chi connectivity index (χ2v) is 6.89. The van der Waals surface area contributed by atoms with E-state index < -0.39 is 25.8 Å². The van der Waals surface area contributed by atoms with Crippen molar-refractivity contribution < 1.29 is 8.42 Å². The number of aromatic nitrogens is 3. The second kappa shape index (κ2) is 4.32. The SMILES string of the molecule is CC(C)(CNc1n[nH]c(=O)[nH]c1=O)S(C)(=O)=O. The van der Waals surface area contributed by atoms with Crippen LogP contribution in [-0.4, -0.2) is 41.1 Å². The fraction of sp³-hybridized carbons (Fsp3) is 0.625. The summed E-state index contributed by atoms with van der Waals surface area (Å²) in [7, 11) is -3.27. The summed E-state index contributed by atoms with van der Waals surface area (Å²) in [6.45, 7) is 3.05. The van der Waals surface area contributed by atoms with Gasteiger partial charge in [-0.3, -0.25) is 9.78 Å². The van der Waals surface area contributed by atoms with Crippen LogP contribution in [0.2, 0.25) is 0 Å². The highest BCUT2D eigenvalue weighted by Gasteiger charge is 2.30. The van der Waals surface area contributed by atoms with E-state index >= 15 is 0 Å². The molecule has 1 rings (SSSR count). The molecule has 1 aromatic heterocycles. The molecule has 0 aromatic carbocycles. The maximum absolute atomic E-state index is 11.4. The van der Waals surface area contributed by atoms with Crippen molar-refractivity contribution in [3.63, 3.8) is 0 Å². The smallest absolute Gasteiger partial charge is 0.342 e. The van der Waals surface area contributed by atoms with Gasteiger partial charge in [-0.25, -0.2) is 18.3 Å². The standard InChI is InChI=1S/C8H14N4O4S/c1-8(2,17(3,15)16)4-9-5-6(13)10-7(14)12-11-5/h4H2,1-3H3,(H,9,11)(H2,10,12,13,14). The number of hydrogen-bond donors (Lipinski definition) is 3. The Kier molecular flexibility index (Phi) is 3.41. The summed E-state index contributed by atoms with van der Waals surface area (Å²) >= 11 is 0. The van der Waals surface area contributed by atoms with Crippen molar-refractivity contribution >= 4 is 15.7 Å². The highest BCUT2D eigenvalue weighted by Crippen LogP contribution is 2.14. The molecule has 0 aliphatic rings. The van der Waals surface area contributed by atoms with Gasteiger partial charge in [0.1, 0.15) is 0 Å². The number of nitrogens with one attached hydrogen (secondary N) is 3. The van der Waals surface area contributed by atoms with Crippen molar-refractivity contribution in [1.82, 2.24) is 15.2 Å². The Hall–Kier alpha value is -1.64. The van der Waals surface area contributed by atoms with Crippen LogP contribution in [0.4, 0.5) is 5.82 Å². The Balaban J connectivity index is 2.89. The first-order valence-corrected chi connectivity index (χ1v) is 6.65. The molecule has 17 heavy (non-hydrogen) atoms. The fourth-order valence-corrected chi connectivity index (χ4v) is 1.23. The Bertz CT molecular complexity index is 613. The predicted molar refractivity (Wildman–Crippen MR) is 62.9 cm³/mol. The minimum atomic E-state index is -3.27. The van der Waals surface area contributed by atoms with E-state index in [0.29, 0.717) is 0 Å². The van der Waals surface area contributed by atoms with E-state index in [4.69, 9.17) is 0 Å². The summed E-state index contributed by atoms with van der Waals surface area (Å²) in [6.07, 6.45) is 1.11. The Morgan fingerprint density at radius 3 is 2.41 bits per heavy atom. The normalized spacial score (nSPS) is 12.4. The first kappa shape index (κ1) is 13.4. The lowest BCUT2D eigenvalue weighted by molar-refractivity contribution is 0.559. The molecule has 0 aliphatic heterocycles. The van der Waals surface area contributed by atoms with E-state index in [1.54, 1.807) is 0 Å². The molecule has 3 N–H and O–H groups in total. The number of aromatic amines is 2. The molecule has 0 saturated carbocycles. The van der Waals surface area contributed by atoms with Crippen LogP contribution in [0.25, 0.3) is 0 Å². The first-order valence-electron chi connectivity index (χ1n) is 4.76. The Morgan fingerprint density at radius 1 is 1.35 bits per heavy atom. The van der Waals surface area contributed by atoms with Crippen molar-refractivity contribution in [2.75, 3.05) is 18.1 Å². The predicted octanol–water partition coefficient (Wildman–Crippen LogP) is -1.31. The molecule has 96 valence electrons. The molecule has 9 heteroatoms. The second-order valence-electron chi connectivity index (χ2n) is 4.24. The van der Waals surface area contributed by atoms with Crippen LogP contribution in [-0.2, 0) is 9.84 Å². The average Bonchev–Trinajstić information content (AvgIpc) is 2.14. The van der Waals surface area contributed by atoms with E-state index in [1.807, 2.05) is 10.1 Å². The third kappa shape index (κ3) is 3.16. The summed E-state index contributed by atoms with van der Waals surface area (Å²) in [5.41, 5.74) is -1.42. The van der Waals surface area contributed by atoms with Gasteiger partial charge in [0.25, 0.3) is 5.56 Å². The summed E-state index contributed by atoms with van der Waals surface area (Å²) in [6, 6.07) is 0. The van der Waals surface area contributed by atoms with Crippen LogP contribution in [0.15, 0.2) is 9.59 Å². The van der Waals surface area contributed by atoms with Gasteiger partial charge in [0, 0.05) is 12.8 Å². The Morgan fingerprint density at radius 2 is 1.94 bits per heavy atom. The van der Waals surface area contributed by atoms with E-state index in [9.17, 15) is 18.0 Å². The molecule has 0 spiro atoms. The average molecular weight is 262 g/mol. The number of nitrogens with zero attached hydrogens (tertiary/aromatic N) is 1. The maximum atomic E-state index is 11.4. The lowest BCUT2D eigenvalue weighted by Gasteiger charge is -2.22. The highest BCUT2D eigenvalue weighted by molar-refractivity contribution is 7.92. The molecular formula is C8H14N4O4S. The minimum absolute atomic E-state index is 0.00789. The lowest BCUT2D eigenvalue weighted by atomic mass is 10.2. The van der Waals surface area contributed by atoms with Crippen molar-refractivity contribution in [1.29, 1.82) is 0 Å². The van der Waals surface area contributed by atoms with Gasteiger partial charge in [-0.05, 0) is 13.8 Å². The van der Waals surface area contributed by atoms with Crippen LogP contribution in [0.1, 0.15) is 13.8 Å². The van der Waals surface area contributed by atoms with Crippen LogP contribution in [0.5, 0.6) is 0 Å². The Labute approximate surface area is 97.4 Å². The number of hydrogen-bond acceptors (Lipinski definition) is 6. The van der Waals surface area contributed by atoms with E-state index in [1.165, 1.54) is 13.8 Å². The van der Waals surface area contributed by atoms with Crippen LogP contribution >= 0.6 is 0 Å². The van der Waals surface area contributed by atoms with Crippen LogP contribution < -0.4 is 16.6 Å². The fourth-order valence-electron chi connectivity index (χ4n) is 0.895. The van der Waals surface area contributed by atoms with Crippen molar-refractivity contribution in [2.45, 2.75) is 18.6 Å². The summed E-state index contributed by atoms with van der Waals surface area (Å²) in [5.74, 6) is -0.124. The van der Waals surface area contributed by atoms with Gasteiger partial charge in [0.15, 0.2) is 9.84 Å². The van der Waals surface area contributed by atoms with Gasteiger partial charge in [-0.15, -0.1) is 5.10 Å². The zero-order chi connectivity index (χ0) is 13.3. The monoisotopic (exact) mass is 262 g/mol. The zero-order valence-corrected chi connectivity index (χ0v) is 10.5. The van der Waals surface area contributed by atoms with E-state index in [-0.39, 0.29) is 12.4 Å². The molecule has 0 saturated heterocycles. The molecule has 8 nitrogen and oxygen atoms in total. The largest absolute Gasteiger partial charge is 0.362 e. The maximum Gasteiger partial charge on any atom is 0.342 e. The number of rotatable bonds is 4. The van der Waals surface area contributed by atoms with Gasteiger partial charge in [0.2, 0.25) is 5.82 Å². The molecule has 0 amide bonds. The molecule has 0 bridgehead atoms. The summed E-state index contributed by atoms with van der Waals surface area (Å²) < 4.78 is 21.8. The zero-order valence-electron chi connectivity index (χ0n) is 9.70. The van der Waals surface area contributed by atoms with Crippen molar-refractivity contribution in [2.24, 2.45) is 0 Å². The molecular weight excluding hydrogens is 248 g/mol. The molecule has 0 fully saturated rings. The van der Waals surface area contributed by atoms with Crippen LogP contribution in [0.3, 0.4) is 0 Å². The third-order valence-electron chi connectivity index (χ3n) is 2.40. The molecule has 1 aromatic rings. The van der Waals surface area contributed by atoms with E-state index in [2.05, 4.69) is 10.4 Å². The minimum Gasteiger partial charge on any atom is -0.362 e. The highest BCUT2D eigenvalue weighted by atomic mass is 32.2. The lowest BCUT2D eigenvalue weighted by Crippen LogP contribution is -2.40. The quantitative estimate of drug-likeness (QED) is 0.619. The number of H-pyrrole nitrogens is 2. The third-order valence-corrected chi connectivity index (χ3v) is 4.55. The molecule has 0 unspecified atom stereocenters. The van der Waals surface area contributed by atoms with Crippen molar-refractivity contribution in [3.05, 3.63) is 20.8 Å². The van der Waals surface area contributed by atoms with Crippen LogP contribution in [0, 0.1) is 0 Å².